The first-order valence-electron chi connectivity index (χ1n) is 19.1. The molecule has 0 aromatic heterocycles. The molecule has 2 rings (SSSR count). The van der Waals surface area contributed by atoms with Crippen LogP contribution in [0.15, 0.2) is 0 Å². The maximum Gasteiger partial charge on any atom is 0.187 e. The van der Waals surface area contributed by atoms with E-state index in [4.69, 9.17) is 52.1 Å². The lowest BCUT2D eigenvalue weighted by Gasteiger charge is -2.50. The number of aliphatic hydroxyl groups is 8. The molecule has 8 N–H and O–H groups in total. The summed E-state index contributed by atoms with van der Waals surface area (Å²) in [6.45, 7) is 10.7. The van der Waals surface area contributed by atoms with Gasteiger partial charge >= 0.3 is 0 Å². The summed E-state index contributed by atoms with van der Waals surface area (Å²) in [4.78, 5) is 0. The van der Waals surface area contributed by atoms with E-state index in [0.717, 1.165) is 0 Å². The van der Waals surface area contributed by atoms with Gasteiger partial charge in [0.15, 0.2) is 12.6 Å². The Labute approximate surface area is 324 Å². The average Bonchev–Trinajstić information content (AvgIpc) is 3.07. The Kier molecular flexibility index (Phi) is 24.1. The Hall–Kier alpha value is -0.760. The molecule has 0 aliphatic carbocycles. The minimum Gasteiger partial charge on any atom is -0.391 e. The topological polar surface area (TPSA) is 263 Å². The van der Waals surface area contributed by atoms with Crippen molar-refractivity contribution in [2.75, 3.05) is 66.1 Å². The molecule has 0 radical (unpaired) electrons. The molecule has 0 saturated carbocycles. The van der Waals surface area contributed by atoms with Crippen LogP contribution in [0.25, 0.3) is 0 Å². The van der Waals surface area contributed by atoms with E-state index in [1.807, 2.05) is 0 Å². The van der Waals surface area contributed by atoms with Gasteiger partial charge in [-0.3, -0.25) is 0 Å². The molecule has 2 fully saturated rings. The zero-order chi connectivity index (χ0) is 41.2. The number of aliphatic hydroxyl groups excluding tert-OH is 8. The van der Waals surface area contributed by atoms with Crippen molar-refractivity contribution in [3.05, 3.63) is 0 Å². The van der Waals surface area contributed by atoms with Crippen LogP contribution in [-0.2, 0) is 52.1 Å². The molecule has 19 heteroatoms. The Morgan fingerprint density at radius 2 is 0.636 bits per heavy atom. The van der Waals surface area contributed by atoms with Crippen LogP contribution in [0.4, 0.5) is 0 Å². The van der Waals surface area contributed by atoms with Crippen molar-refractivity contribution in [2.45, 2.75) is 166 Å². The predicted octanol–water partition coefficient (Wildman–Crippen LogP) is -2.16. The molecule has 18 atom stereocenters. The first kappa shape index (κ1) is 50.4. The Morgan fingerprint density at radius 1 is 0.345 bits per heavy atom. The minimum absolute atomic E-state index is 0.0553. The summed E-state index contributed by atoms with van der Waals surface area (Å²) in [6, 6.07) is 0. The Bertz CT molecular complexity index is 969. The summed E-state index contributed by atoms with van der Waals surface area (Å²) in [5, 5.41) is 81.2. The monoisotopic (exact) mass is 806 g/mol. The van der Waals surface area contributed by atoms with Gasteiger partial charge in [0, 0.05) is 0 Å². The zero-order valence-corrected chi connectivity index (χ0v) is 33.5. The Balaban J connectivity index is 2.73. The number of rotatable bonds is 28. The second-order valence-corrected chi connectivity index (χ2v) is 14.9. The Morgan fingerprint density at radius 3 is 1.04 bits per heavy atom. The van der Waals surface area contributed by atoms with Crippen molar-refractivity contribution in [1.29, 1.82) is 0 Å². The highest BCUT2D eigenvalue weighted by Gasteiger charge is 2.55. The SMILES string of the molecule is C[C@H](O)COC[C@H]1O[C@H](O[C@H]2[C@H](OC[C@H](C)O)[C@@H](OC[C@H](C)O)[C@H](OC[C@H](C)O)O[C@@H]2COC[C@H](C)O)[C@H](OC[C@H](C)O)[C@@H](OC[C@@H](C)O)[C@@H]1OC[C@H](C)O. The summed E-state index contributed by atoms with van der Waals surface area (Å²) in [5.74, 6) is 0. The van der Waals surface area contributed by atoms with E-state index in [-0.39, 0.29) is 66.1 Å². The molecule has 2 aliphatic heterocycles. The highest BCUT2D eigenvalue weighted by molar-refractivity contribution is 4.98. The van der Waals surface area contributed by atoms with Crippen LogP contribution in [0, 0.1) is 0 Å². The molecule has 19 nitrogen and oxygen atoms in total. The van der Waals surface area contributed by atoms with Crippen LogP contribution in [0.5, 0.6) is 0 Å². The third kappa shape index (κ3) is 19.2. The highest BCUT2D eigenvalue weighted by atomic mass is 16.8. The smallest absolute Gasteiger partial charge is 0.187 e. The minimum atomic E-state index is -1.39. The maximum atomic E-state index is 10.3. The fraction of sp³-hybridized carbons (Fsp3) is 1.00. The molecule has 0 spiro atoms. The van der Waals surface area contributed by atoms with Crippen molar-refractivity contribution in [1.82, 2.24) is 0 Å². The van der Waals surface area contributed by atoms with Gasteiger partial charge in [-0.15, -0.1) is 0 Å². The molecular weight excluding hydrogens is 736 g/mol. The molecule has 0 unspecified atom stereocenters. The van der Waals surface area contributed by atoms with Gasteiger partial charge in [0.25, 0.3) is 0 Å². The molecular formula is C36H70O19. The van der Waals surface area contributed by atoms with E-state index in [0.29, 0.717) is 0 Å². The predicted molar refractivity (Wildman–Crippen MR) is 192 cm³/mol. The fourth-order valence-corrected chi connectivity index (χ4v) is 5.72. The fourth-order valence-electron chi connectivity index (χ4n) is 5.72. The van der Waals surface area contributed by atoms with Crippen molar-refractivity contribution in [3.63, 3.8) is 0 Å². The largest absolute Gasteiger partial charge is 0.391 e. The quantitative estimate of drug-likeness (QED) is 0.0419. The highest BCUT2D eigenvalue weighted by Crippen LogP contribution is 2.35. The van der Waals surface area contributed by atoms with Crippen LogP contribution < -0.4 is 0 Å². The van der Waals surface area contributed by atoms with Crippen LogP contribution >= 0.6 is 0 Å². The van der Waals surface area contributed by atoms with E-state index in [1.54, 1.807) is 13.8 Å². The first-order valence-corrected chi connectivity index (χ1v) is 19.1. The van der Waals surface area contributed by atoms with Crippen molar-refractivity contribution >= 4 is 0 Å². The number of hydrogen-bond acceptors (Lipinski definition) is 19. The van der Waals surface area contributed by atoms with Crippen molar-refractivity contribution in [2.24, 2.45) is 0 Å². The molecule has 2 heterocycles. The van der Waals surface area contributed by atoms with Gasteiger partial charge in [0.2, 0.25) is 0 Å². The van der Waals surface area contributed by atoms with Crippen molar-refractivity contribution in [3.8, 4) is 0 Å². The second kappa shape index (κ2) is 26.4. The lowest BCUT2D eigenvalue weighted by molar-refractivity contribution is -0.377. The van der Waals surface area contributed by atoms with Gasteiger partial charge in [-0.25, -0.2) is 0 Å². The summed E-state index contributed by atoms with van der Waals surface area (Å²) in [5.41, 5.74) is 0. The standard InChI is InChI=1S/C36H70O19/c1-19(37)9-45-17-27-29(47-11-21(3)39)31(48-12-22(4)40)34(51-15-25(7)43)36(54-27)55-30-28(18-46-10-20(2)38)53-35(52-16-26(8)44)33(50-14-24(6)42)32(30)49-13-23(5)41/h19-44H,9-18H2,1-8H3/t19-,20-,21-,22+,23-,24-,25-,26-,27+,28+,29+,30+,31-,32-,33+,34+,35+,36+/m0/s1. The summed E-state index contributed by atoms with van der Waals surface area (Å²) in [6.07, 6.45) is -18.5. The first-order chi connectivity index (χ1) is 25.9. The molecule has 0 amide bonds. The van der Waals surface area contributed by atoms with Crippen LogP contribution in [0.3, 0.4) is 0 Å². The van der Waals surface area contributed by atoms with Gasteiger partial charge in [-0.1, -0.05) is 0 Å². The third-order valence-electron chi connectivity index (χ3n) is 7.91. The molecule has 2 aliphatic rings. The van der Waals surface area contributed by atoms with E-state index < -0.39 is 110 Å². The maximum absolute atomic E-state index is 10.3. The molecule has 55 heavy (non-hydrogen) atoms. The van der Waals surface area contributed by atoms with Gasteiger partial charge in [0.1, 0.15) is 48.8 Å². The summed E-state index contributed by atoms with van der Waals surface area (Å²) >= 11 is 0. The average molecular weight is 807 g/mol. The lowest BCUT2D eigenvalue weighted by Crippen LogP contribution is -2.67. The second-order valence-electron chi connectivity index (χ2n) is 14.9. The van der Waals surface area contributed by atoms with Crippen LogP contribution in [0.2, 0.25) is 0 Å². The van der Waals surface area contributed by atoms with Gasteiger partial charge < -0.3 is 93.0 Å². The molecule has 328 valence electrons. The zero-order valence-electron chi connectivity index (χ0n) is 33.5. The van der Waals surface area contributed by atoms with Gasteiger partial charge in [-0.05, 0) is 55.4 Å². The molecule has 2 saturated heterocycles. The van der Waals surface area contributed by atoms with E-state index in [9.17, 15) is 40.9 Å². The summed E-state index contributed by atoms with van der Waals surface area (Å²) < 4.78 is 68.1. The van der Waals surface area contributed by atoms with E-state index in [1.165, 1.54) is 41.5 Å². The number of ether oxygens (including phenoxy) is 11. The van der Waals surface area contributed by atoms with E-state index in [2.05, 4.69) is 0 Å². The van der Waals surface area contributed by atoms with Crippen LogP contribution in [0.1, 0.15) is 55.4 Å². The molecule has 0 aromatic carbocycles. The summed E-state index contributed by atoms with van der Waals surface area (Å²) in [7, 11) is 0. The lowest BCUT2D eigenvalue weighted by atomic mass is 9.95. The van der Waals surface area contributed by atoms with Crippen molar-refractivity contribution < 1.29 is 93.0 Å². The van der Waals surface area contributed by atoms with Gasteiger partial charge in [0.05, 0.1) is 115 Å². The number of hydrogen-bond donors (Lipinski definition) is 8. The van der Waals surface area contributed by atoms with Gasteiger partial charge in [-0.2, -0.15) is 0 Å². The van der Waals surface area contributed by atoms with Crippen LogP contribution in [-0.4, -0.2) is 217 Å². The third-order valence-corrected chi connectivity index (χ3v) is 7.91. The van der Waals surface area contributed by atoms with E-state index >= 15 is 0 Å². The molecule has 0 bridgehead atoms. The molecule has 0 aromatic rings. The normalized spacial score (nSPS) is 33.4.